The van der Waals surface area contributed by atoms with Gasteiger partial charge in [0, 0.05) is 39.8 Å². The third-order valence-electron chi connectivity index (χ3n) is 5.60. The lowest BCUT2D eigenvalue weighted by Crippen LogP contribution is -2.45. The number of rotatable bonds is 4. The van der Waals surface area contributed by atoms with E-state index >= 15 is 0 Å². The van der Waals surface area contributed by atoms with Gasteiger partial charge in [0.15, 0.2) is 5.96 Å². The fraction of sp³-hybridized carbons (Fsp3) is 0.650. The molecule has 0 bridgehead atoms. The molecule has 0 radical (unpaired) electrons. The van der Waals surface area contributed by atoms with E-state index in [0.717, 1.165) is 49.8 Å². The molecule has 2 aliphatic rings. The largest absolute Gasteiger partial charge is 0.352 e. The number of aliphatic imine (C=N–C) groups is 1. The molecular formula is C20H33IN4O2S. The summed E-state index contributed by atoms with van der Waals surface area (Å²) in [7, 11) is -1.59. The molecule has 158 valence electrons. The number of guanidine groups is 1. The molecule has 0 unspecified atom stereocenters. The maximum absolute atomic E-state index is 12.9. The lowest BCUT2D eigenvalue weighted by molar-refractivity contribution is 0.273. The maximum Gasteiger partial charge on any atom is 0.243 e. The van der Waals surface area contributed by atoms with Crippen molar-refractivity contribution in [1.82, 2.24) is 14.5 Å². The predicted octanol–water partition coefficient (Wildman–Crippen LogP) is 3.29. The number of hydrogen-bond donors (Lipinski definition) is 1. The molecule has 1 N–H and O–H groups in total. The molecule has 3 rings (SSSR count). The van der Waals surface area contributed by atoms with Crippen molar-refractivity contribution >= 4 is 40.0 Å². The minimum absolute atomic E-state index is 0. The third-order valence-corrected chi connectivity index (χ3v) is 7.49. The molecule has 1 aromatic rings. The van der Waals surface area contributed by atoms with Gasteiger partial charge in [0.1, 0.15) is 0 Å². The van der Waals surface area contributed by atoms with Gasteiger partial charge in [0.2, 0.25) is 10.0 Å². The van der Waals surface area contributed by atoms with Crippen molar-refractivity contribution in [1.29, 1.82) is 0 Å². The summed E-state index contributed by atoms with van der Waals surface area (Å²) < 4.78 is 27.4. The molecule has 0 aromatic heterocycles. The van der Waals surface area contributed by atoms with Crippen molar-refractivity contribution in [2.45, 2.75) is 50.5 Å². The van der Waals surface area contributed by atoms with Gasteiger partial charge in [-0.15, -0.1) is 24.0 Å². The maximum atomic E-state index is 12.9. The van der Waals surface area contributed by atoms with Gasteiger partial charge in [-0.2, -0.15) is 4.31 Å². The van der Waals surface area contributed by atoms with Crippen LogP contribution in [0.15, 0.2) is 34.2 Å². The van der Waals surface area contributed by atoms with Crippen LogP contribution in [-0.2, 0) is 16.6 Å². The lowest BCUT2D eigenvalue weighted by atomic mass is 10.00. The average Bonchev–Trinajstić information content (AvgIpc) is 2.70. The fourth-order valence-electron chi connectivity index (χ4n) is 3.80. The van der Waals surface area contributed by atoms with Crippen LogP contribution in [0.4, 0.5) is 0 Å². The van der Waals surface area contributed by atoms with E-state index in [4.69, 9.17) is 0 Å². The van der Waals surface area contributed by atoms with Crippen LogP contribution in [-0.4, -0.2) is 56.8 Å². The summed E-state index contributed by atoms with van der Waals surface area (Å²) in [5.74, 6) is 1.67. The number of benzene rings is 1. The second-order valence-corrected chi connectivity index (χ2v) is 9.62. The number of hydrogen-bond acceptors (Lipinski definition) is 3. The Balaban J connectivity index is 0.00000280. The first kappa shape index (κ1) is 23.4. The van der Waals surface area contributed by atoms with E-state index in [-0.39, 0.29) is 24.0 Å². The zero-order valence-corrected chi connectivity index (χ0v) is 20.1. The van der Waals surface area contributed by atoms with Crippen molar-refractivity contribution in [3.05, 3.63) is 29.8 Å². The zero-order valence-electron chi connectivity index (χ0n) is 16.9. The molecule has 2 heterocycles. The van der Waals surface area contributed by atoms with Crippen molar-refractivity contribution in [3.8, 4) is 0 Å². The van der Waals surface area contributed by atoms with Crippen molar-refractivity contribution in [2.24, 2.45) is 10.9 Å². The van der Waals surface area contributed by atoms with Gasteiger partial charge in [0.05, 0.1) is 4.90 Å². The van der Waals surface area contributed by atoms with Gasteiger partial charge in [-0.05, 0) is 49.3 Å². The van der Waals surface area contributed by atoms with Crippen LogP contribution in [0.2, 0.25) is 0 Å². The zero-order chi connectivity index (χ0) is 19.3. The Morgan fingerprint density at radius 2 is 1.82 bits per heavy atom. The van der Waals surface area contributed by atoms with Gasteiger partial charge in [-0.1, -0.05) is 25.5 Å². The highest BCUT2D eigenvalue weighted by Crippen LogP contribution is 2.21. The highest BCUT2D eigenvalue weighted by atomic mass is 127. The minimum atomic E-state index is -3.39. The standard InChI is InChI=1S/C20H32N4O2S.HI/c1-17-9-13-23(14-10-17)20(21-2)22-16-18-7-6-8-19(15-18)27(25,26)24-11-4-3-5-12-24;/h6-8,15,17H,3-5,9-14,16H2,1-2H3,(H,21,22);1H. The van der Waals surface area contributed by atoms with Crippen LogP contribution in [0, 0.1) is 5.92 Å². The van der Waals surface area contributed by atoms with Gasteiger partial charge in [0.25, 0.3) is 0 Å². The van der Waals surface area contributed by atoms with Crippen LogP contribution >= 0.6 is 24.0 Å². The summed E-state index contributed by atoms with van der Waals surface area (Å²) in [5.41, 5.74) is 0.958. The predicted molar refractivity (Wildman–Crippen MR) is 125 cm³/mol. The van der Waals surface area contributed by atoms with Crippen molar-refractivity contribution in [2.75, 3.05) is 33.2 Å². The monoisotopic (exact) mass is 520 g/mol. The first-order chi connectivity index (χ1) is 13.0. The molecule has 0 spiro atoms. The molecule has 28 heavy (non-hydrogen) atoms. The highest BCUT2D eigenvalue weighted by Gasteiger charge is 2.26. The summed E-state index contributed by atoms with van der Waals surface area (Å²) in [6.07, 6.45) is 5.38. The van der Waals surface area contributed by atoms with E-state index < -0.39 is 10.0 Å². The third kappa shape index (κ3) is 5.82. The molecule has 0 saturated carbocycles. The number of piperidine rings is 2. The lowest BCUT2D eigenvalue weighted by Gasteiger charge is -2.33. The number of likely N-dealkylation sites (tertiary alicyclic amines) is 1. The molecule has 1 aromatic carbocycles. The molecule has 0 amide bonds. The smallest absolute Gasteiger partial charge is 0.243 e. The van der Waals surface area contributed by atoms with Crippen LogP contribution in [0.3, 0.4) is 0 Å². The van der Waals surface area contributed by atoms with Crippen molar-refractivity contribution in [3.63, 3.8) is 0 Å². The molecule has 0 atom stereocenters. The van der Waals surface area contributed by atoms with Crippen LogP contribution < -0.4 is 5.32 Å². The molecule has 2 saturated heterocycles. The van der Waals surface area contributed by atoms with E-state index in [9.17, 15) is 8.42 Å². The second-order valence-electron chi connectivity index (χ2n) is 7.68. The molecule has 8 heteroatoms. The summed E-state index contributed by atoms with van der Waals surface area (Å²) >= 11 is 0. The first-order valence-electron chi connectivity index (χ1n) is 10.1. The molecular weight excluding hydrogens is 487 g/mol. The first-order valence-corrected chi connectivity index (χ1v) is 11.5. The Morgan fingerprint density at radius 1 is 1.14 bits per heavy atom. The van der Waals surface area contributed by atoms with E-state index in [2.05, 4.69) is 22.1 Å². The number of nitrogens with one attached hydrogen (secondary N) is 1. The fourth-order valence-corrected chi connectivity index (χ4v) is 5.39. The van der Waals surface area contributed by atoms with Gasteiger partial charge < -0.3 is 10.2 Å². The highest BCUT2D eigenvalue weighted by molar-refractivity contribution is 14.0. The van der Waals surface area contributed by atoms with Gasteiger partial charge in [-0.3, -0.25) is 4.99 Å². The minimum Gasteiger partial charge on any atom is -0.352 e. The molecule has 6 nitrogen and oxygen atoms in total. The van der Waals surface area contributed by atoms with Gasteiger partial charge >= 0.3 is 0 Å². The van der Waals surface area contributed by atoms with E-state index in [1.807, 2.05) is 12.1 Å². The van der Waals surface area contributed by atoms with Gasteiger partial charge in [-0.25, -0.2) is 8.42 Å². The van der Waals surface area contributed by atoms with E-state index in [1.54, 1.807) is 23.5 Å². The quantitative estimate of drug-likeness (QED) is 0.376. The number of sulfonamides is 1. The number of halogens is 1. The van der Waals surface area contributed by atoms with Crippen LogP contribution in [0.1, 0.15) is 44.6 Å². The van der Waals surface area contributed by atoms with Crippen LogP contribution in [0.25, 0.3) is 0 Å². The average molecular weight is 520 g/mol. The molecule has 2 aliphatic heterocycles. The van der Waals surface area contributed by atoms with E-state index in [0.29, 0.717) is 24.5 Å². The normalized spacial score (nSPS) is 19.9. The SMILES string of the molecule is CN=C(NCc1cccc(S(=O)(=O)N2CCCCC2)c1)N1CCC(C)CC1.I. The topological polar surface area (TPSA) is 65.0 Å². The Kier molecular flexibility index (Phi) is 9.01. The van der Waals surface area contributed by atoms with Crippen molar-refractivity contribution < 1.29 is 8.42 Å². The Morgan fingerprint density at radius 3 is 2.46 bits per heavy atom. The summed E-state index contributed by atoms with van der Waals surface area (Å²) in [6.45, 7) is 6.16. The summed E-state index contributed by atoms with van der Waals surface area (Å²) in [4.78, 5) is 7.08. The molecule has 2 fully saturated rings. The van der Waals surface area contributed by atoms with Crippen LogP contribution in [0.5, 0.6) is 0 Å². The second kappa shape index (κ2) is 10.8. The summed E-state index contributed by atoms with van der Waals surface area (Å²) in [5, 5.41) is 3.40. The Labute approximate surface area is 186 Å². The Hall–Kier alpha value is -0.870. The number of nitrogens with zero attached hydrogens (tertiary/aromatic N) is 3. The molecule has 0 aliphatic carbocycles. The van der Waals surface area contributed by atoms with E-state index in [1.165, 1.54) is 12.8 Å². The summed E-state index contributed by atoms with van der Waals surface area (Å²) in [6, 6.07) is 7.30. The Bertz CT molecular complexity index is 755.